The molecule has 8 nitrogen and oxygen atoms in total. The van der Waals surface area contributed by atoms with Crippen molar-refractivity contribution in [3.05, 3.63) is 59.2 Å². The van der Waals surface area contributed by atoms with Gasteiger partial charge in [-0.25, -0.2) is 0 Å². The second-order valence-corrected chi connectivity index (χ2v) is 8.10. The quantitative estimate of drug-likeness (QED) is 0.324. The van der Waals surface area contributed by atoms with Gasteiger partial charge in [-0.1, -0.05) is 6.07 Å². The second kappa shape index (κ2) is 11.1. The van der Waals surface area contributed by atoms with Gasteiger partial charge in [0.2, 0.25) is 0 Å². The van der Waals surface area contributed by atoms with Crippen LogP contribution in [0.4, 0.5) is 0 Å². The molecule has 0 bridgehead atoms. The molecule has 182 valence electrons. The van der Waals surface area contributed by atoms with E-state index in [1.165, 1.54) is 4.90 Å². The Morgan fingerprint density at radius 2 is 1.65 bits per heavy atom. The van der Waals surface area contributed by atoms with Gasteiger partial charge in [0, 0.05) is 18.7 Å². The molecule has 8 heteroatoms. The first-order valence-corrected chi connectivity index (χ1v) is 11.3. The first-order valence-electron chi connectivity index (χ1n) is 11.3. The highest BCUT2D eigenvalue weighted by molar-refractivity contribution is 6.46. The maximum Gasteiger partial charge on any atom is 0.295 e. The molecule has 1 aliphatic heterocycles. The number of ketones is 1. The third-order valence-corrected chi connectivity index (χ3v) is 5.57. The fourth-order valence-corrected chi connectivity index (χ4v) is 3.91. The highest BCUT2D eigenvalue weighted by atomic mass is 16.5. The molecule has 1 heterocycles. The van der Waals surface area contributed by atoms with Gasteiger partial charge in [-0.3, -0.25) is 9.59 Å². The number of amides is 1. The topological polar surface area (TPSA) is 88.5 Å². The normalized spacial score (nSPS) is 17.4. The number of hydrogen-bond donors (Lipinski definition) is 1. The van der Waals surface area contributed by atoms with E-state index in [4.69, 9.17) is 14.2 Å². The second-order valence-electron chi connectivity index (χ2n) is 8.10. The van der Waals surface area contributed by atoms with Crippen molar-refractivity contribution in [2.24, 2.45) is 0 Å². The van der Waals surface area contributed by atoms with E-state index in [1.807, 2.05) is 32.8 Å². The number of Topliss-reactive ketones (excluding diaryl/α,β-unsaturated/α-hetero) is 1. The van der Waals surface area contributed by atoms with Crippen LogP contribution < -0.4 is 14.2 Å². The van der Waals surface area contributed by atoms with Crippen LogP contribution in [0.5, 0.6) is 17.2 Å². The molecule has 2 aromatic carbocycles. The Labute approximate surface area is 200 Å². The third kappa shape index (κ3) is 5.17. The van der Waals surface area contributed by atoms with Crippen LogP contribution >= 0.6 is 0 Å². The van der Waals surface area contributed by atoms with Crippen molar-refractivity contribution in [2.75, 3.05) is 47.5 Å². The van der Waals surface area contributed by atoms with Gasteiger partial charge in [-0.2, -0.15) is 0 Å². The number of carbonyl (C=O) groups excluding carboxylic acids is 2. The summed E-state index contributed by atoms with van der Waals surface area (Å²) in [6.07, 6.45) is 0. The lowest BCUT2D eigenvalue weighted by Gasteiger charge is -2.27. The van der Waals surface area contributed by atoms with E-state index in [-0.39, 0.29) is 11.3 Å². The van der Waals surface area contributed by atoms with Gasteiger partial charge in [-0.15, -0.1) is 0 Å². The van der Waals surface area contributed by atoms with Gasteiger partial charge in [0.05, 0.1) is 31.9 Å². The van der Waals surface area contributed by atoms with E-state index in [2.05, 4.69) is 0 Å². The number of nitrogens with zero attached hydrogens (tertiary/aromatic N) is 2. The van der Waals surface area contributed by atoms with Gasteiger partial charge < -0.3 is 29.1 Å². The average molecular weight is 469 g/mol. The molecule has 1 saturated heterocycles. The number of likely N-dealkylation sites (tertiary alicyclic amines) is 1. The molecule has 1 amide bonds. The van der Waals surface area contributed by atoms with Crippen molar-refractivity contribution >= 4 is 17.4 Å². The molecule has 1 aliphatic rings. The van der Waals surface area contributed by atoms with Crippen molar-refractivity contribution in [1.82, 2.24) is 9.80 Å². The molecule has 34 heavy (non-hydrogen) atoms. The molecule has 0 saturated carbocycles. The summed E-state index contributed by atoms with van der Waals surface area (Å²) < 4.78 is 16.6. The molecule has 1 N–H and O–H groups in total. The van der Waals surface area contributed by atoms with Crippen molar-refractivity contribution in [3.63, 3.8) is 0 Å². The Bertz CT molecular complexity index is 1060. The zero-order valence-electron chi connectivity index (χ0n) is 20.3. The van der Waals surface area contributed by atoms with Gasteiger partial charge >= 0.3 is 0 Å². The summed E-state index contributed by atoms with van der Waals surface area (Å²) in [6.45, 7) is 5.53. The number of benzene rings is 2. The summed E-state index contributed by atoms with van der Waals surface area (Å²) in [7, 11) is 5.34. The van der Waals surface area contributed by atoms with Crippen molar-refractivity contribution in [3.8, 4) is 17.2 Å². The van der Waals surface area contributed by atoms with Crippen molar-refractivity contribution in [1.29, 1.82) is 0 Å². The number of aliphatic hydroxyl groups is 1. The minimum absolute atomic E-state index is 0.0422. The molecule has 0 aromatic heterocycles. The maximum absolute atomic E-state index is 13.2. The minimum atomic E-state index is -0.767. The summed E-state index contributed by atoms with van der Waals surface area (Å²) >= 11 is 0. The highest BCUT2D eigenvalue weighted by Crippen LogP contribution is 2.42. The summed E-state index contributed by atoms with van der Waals surface area (Å²) in [5.74, 6) is 0.119. The van der Waals surface area contributed by atoms with Gasteiger partial charge in [-0.05, 0) is 69.9 Å². The van der Waals surface area contributed by atoms with Crippen LogP contribution in [0.3, 0.4) is 0 Å². The van der Waals surface area contributed by atoms with E-state index < -0.39 is 17.7 Å². The predicted molar refractivity (Wildman–Crippen MR) is 129 cm³/mol. The smallest absolute Gasteiger partial charge is 0.295 e. The number of aliphatic hydroxyl groups excluding tert-OH is 1. The maximum atomic E-state index is 13.2. The molecule has 3 rings (SSSR count). The predicted octanol–water partition coefficient (Wildman–Crippen LogP) is 3.48. The van der Waals surface area contributed by atoms with Gasteiger partial charge in [0.15, 0.2) is 11.5 Å². The fraction of sp³-hybridized carbons (Fsp3) is 0.385. The van der Waals surface area contributed by atoms with E-state index in [1.54, 1.807) is 49.6 Å². The summed E-state index contributed by atoms with van der Waals surface area (Å²) in [5, 5.41) is 11.2. The van der Waals surface area contributed by atoms with Crippen LogP contribution in [0, 0.1) is 0 Å². The monoisotopic (exact) mass is 468 g/mol. The lowest BCUT2D eigenvalue weighted by Crippen LogP contribution is -2.35. The van der Waals surface area contributed by atoms with Crippen molar-refractivity contribution in [2.45, 2.75) is 19.9 Å². The van der Waals surface area contributed by atoms with Crippen LogP contribution in [-0.2, 0) is 9.59 Å². The Kier molecular flexibility index (Phi) is 8.17. The van der Waals surface area contributed by atoms with Crippen LogP contribution in [0.25, 0.3) is 5.76 Å². The number of ether oxygens (including phenoxy) is 3. The third-order valence-electron chi connectivity index (χ3n) is 5.57. The minimum Gasteiger partial charge on any atom is -0.507 e. The lowest BCUT2D eigenvalue weighted by molar-refractivity contribution is -0.140. The largest absolute Gasteiger partial charge is 0.507 e. The molecule has 1 atom stereocenters. The average Bonchev–Trinajstić information content (AvgIpc) is 3.08. The molecular formula is C26H32N2O6. The van der Waals surface area contributed by atoms with E-state index in [0.29, 0.717) is 54.7 Å². The Morgan fingerprint density at radius 3 is 2.24 bits per heavy atom. The Hall–Kier alpha value is -3.52. The molecule has 2 aromatic rings. The van der Waals surface area contributed by atoms with Crippen molar-refractivity contribution < 1.29 is 28.9 Å². The molecule has 0 spiro atoms. The first kappa shape index (κ1) is 25.1. The lowest BCUT2D eigenvalue weighted by atomic mass is 9.95. The standard InChI is InChI=1S/C26H32N2O6/c1-6-33-20-13-10-18(16-21(20)34-7-2)23-22(24(29)17-8-11-19(32-5)12-9-17)25(30)26(31)28(23)15-14-27(3)4/h8-13,16,23,29H,6-7,14-15H2,1-5H3/t23-/m1/s1. The van der Waals surface area contributed by atoms with Gasteiger partial charge in [0.25, 0.3) is 11.7 Å². The Morgan fingerprint density at radius 1 is 1.00 bits per heavy atom. The van der Waals surface area contributed by atoms with E-state index in [9.17, 15) is 14.7 Å². The number of likely N-dealkylation sites (N-methyl/N-ethyl adjacent to an activating group) is 1. The number of carbonyl (C=O) groups is 2. The number of methoxy groups -OCH3 is 1. The van der Waals surface area contributed by atoms with E-state index >= 15 is 0 Å². The Balaban J connectivity index is 2.16. The zero-order valence-corrected chi connectivity index (χ0v) is 20.3. The highest BCUT2D eigenvalue weighted by Gasteiger charge is 2.46. The molecule has 1 fully saturated rings. The van der Waals surface area contributed by atoms with Gasteiger partial charge in [0.1, 0.15) is 11.5 Å². The molecular weight excluding hydrogens is 436 g/mol. The molecule has 0 radical (unpaired) electrons. The van der Waals surface area contributed by atoms with Crippen LogP contribution in [0.2, 0.25) is 0 Å². The SMILES string of the molecule is CCOc1ccc([C@@H]2C(=C(O)c3ccc(OC)cc3)C(=O)C(=O)N2CCN(C)C)cc1OCC. The van der Waals surface area contributed by atoms with Crippen LogP contribution in [-0.4, -0.2) is 74.1 Å². The fourth-order valence-electron chi connectivity index (χ4n) is 3.91. The molecule has 0 unspecified atom stereocenters. The summed E-state index contributed by atoms with van der Waals surface area (Å²) in [5.41, 5.74) is 1.12. The molecule has 0 aliphatic carbocycles. The van der Waals surface area contributed by atoms with Crippen LogP contribution in [0.1, 0.15) is 31.0 Å². The zero-order chi connectivity index (χ0) is 24.8. The summed E-state index contributed by atoms with van der Waals surface area (Å²) in [4.78, 5) is 29.7. The first-order chi connectivity index (χ1) is 16.3. The van der Waals surface area contributed by atoms with E-state index in [0.717, 1.165) is 0 Å². The van der Waals surface area contributed by atoms with Crippen LogP contribution in [0.15, 0.2) is 48.0 Å². The number of rotatable bonds is 10. The number of hydrogen-bond acceptors (Lipinski definition) is 7. The summed E-state index contributed by atoms with van der Waals surface area (Å²) in [6, 6.07) is 11.3.